The zero-order chi connectivity index (χ0) is 7.40. The Balaban J connectivity index is 2.70. The maximum atomic E-state index is 9.75. The van der Waals surface area contributed by atoms with Crippen LogP contribution < -0.4 is 0 Å². The maximum Gasteiger partial charge on any atom is 0.423 e. The van der Waals surface area contributed by atoms with Crippen LogP contribution in [-0.4, -0.2) is 11.3 Å². The van der Waals surface area contributed by atoms with E-state index in [4.69, 9.17) is 12.2 Å². The first kappa shape index (κ1) is 7.15. The topological polar surface area (TPSA) is 26.3 Å². The Labute approximate surface area is 64.2 Å². The lowest BCUT2D eigenvalue weighted by Gasteiger charge is -2.05. The normalized spacial score (nSPS) is 16.4. The van der Waals surface area contributed by atoms with E-state index in [2.05, 4.69) is 4.74 Å². The van der Waals surface area contributed by atoms with Gasteiger partial charge in [-0.15, -0.1) is 0 Å². The molecule has 0 N–H and O–H groups in total. The van der Waals surface area contributed by atoms with Gasteiger partial charge in [-0.1, -0.05) is 24.4 Å². The highest BCUT2D eigenvalue weighted by Gasteiger charge is 2.06. The van der Waals surface area contributed by atoms with Crippen LogP contribution in [-0.2, 0) is 9.53 Å². The van der Waals surface area contributed by atoms with Crippen molar-refractivity contribution in [3.63, 3.8) is 0 Å². The summed E-state index contributed by atoms with van der Waals surface area (Å²) in [4.78, 5) is 10.4. The van der Waals surface area contributed by atoms with Gasteiger partial charge in [0.2, 0.25) is 0 Å². The second-order valence-electron chi connectivity index (χ2n) is 1.77. The van der Waals surface area contributed by atoms with Crippen LogP contribution in [0.5, 0.6) is 0 Å². The smallest absolute Gasteiger partial charge is 0.417 e. The van der Waals surface area contributed by atoms with Gasteiger partial charge in [0.15, 0.2) is 0 Å². The molecular weight excluding hydrogens is 148 g/mol. The third-order valence-electron chi connectivity index (χ3n) is 1.11. The van der Waals surface area contributed by atoms with Crippen LogP contribution in [0.2, 0.25) is 0 Å². The van der Waals surface area contributed by atoms with E-state index in [1.165, 1.54) is 6.47 Å². The third-order valence-corrected chi connectivity index (χ3v) is 1.48. The number of hydrogen-bond acceptors (Lipinski definition) is 3. The standard InChI is InChI=1S/C7H5O2S/c8-5-9-6-3-1-2-4-7(6)10/h1-3H,4H2. The van der Waals surface area contributed by atoms with Crippen LogP contribution in [0.15, 0.2) is 24.0 Å². The van der Waals surface area contributed by atoms with Gasteiger partial charge in [-0.05, 0) is 6.08 Å². The second kappa shape index (κ2) is 3.27. The molecule has 10 heavy (non-hydrogen) atoms. The summed E-state index contributed by atoms with van der Waals surface area (Å²) >= 11 is 4.87. The van der Waals surface area contributed by atoms with Crippen molar-refractivity contribution in [2.75, 3.05) is 0 Å². The summed E-state index contributed by atoms with van der Waals surface area (Å²) in [5, 5.41) is 0. The minimum atomic E-state index is 0.438. The zero-order valence-electron chi connectivity index (χ0n) is 5.16. The first-order chi connectivity index (χ1) is 4.84. The van der Waals surface area contributed by atoms with Gasteiger partial charge < -0.3 is 4.74 Å². The first-order valence-corrected chi connectivity index (χ1v) is 3.19. The average Bonchev–Trinajstić information content (AvgIpc) is 1.94. The van der Waals surface area contributed by atoms with Gasteiger partial charge >= 0.3 is 6.47 Å². The molecule has 1 rings (SSSR count). The second-order valence-corrected chi connectivity index (χ2v) is 2.26. The molecule has 2 nitrogen and oxygen atoms in total. The van der Waals surface area contributed by atoms with Crippen molar-refractivity contribution < 1.29 is 9.53 Å². The van der Waals surface area contributed by atoms with E-state index in [0.717, 1.165) is 0 Å². The van der Waals surface area contributed by atoms with E-state index < -0.39 is 0 Å². The van der Waals surface area contributed by atoms with Gasteiger partial charge in [0.1, 0.15) is 5.76 Å². The summed E-state index contributed by atoms with van der Waals surface area (Å²) in [5.41, 5.74) is 0. The molecule has 0 unspecified atom stereocenters. The average molecular weight is 153 g/mol. The van der Waals surface area contributed by atoms with Crippen molar-refractivity contribution in [2.24, 2.45) is 0 Å². The van der Waals surface area contributed by atoms with Crippen LogP contribution >= 0.6 is 12.2 Å². The lowest BCUT2D eigenvalue weighted by molar-refractivity contribution is 0.381. The highest BCUT2D eigenvalue weighted by atomic mass is 32.1. The third kappa shape index (κ3) is 1.51. The molecule has 0 heterocycles. The number of ether oxygens (including phenoxy) is 1. The van der Waals surface area contributed by atoms with Gasteiger partial charge in [-0.25, -0.2) is 4.79 Å². The van der Waals surface area contributed by atoms with E-state index in [1.807, 2.05) is 6.08 Å². The Morgan fingerprint density at radius 2 is 2.50 bits per heavy atom. The molecule has 0 saturated carbocycles. The Bertz CT molecular complexity index is 216. The van der Waals surface area contributed by atoms with Crippen LogP contribution in [0, 0.1) is 0 Å². The molecule has 51 valence electrons. The summed E-state index contributed by atoms with van der Waals surface area (Å²) in [7, 11) is 0. The van der Waals surface area contributed by atoms with E-state index in [9.17, 15) is 4.79 Å². The molecule has 0 aromatic carbocycles. The molecule has 0 aromatic rings. The maximum absolute atomic E-state index is 9.75. The predicted octanol–water partition coefficient (Wildman–Crippen LogP) is 1.28. The lowest BCUT2D eigenvalue weighted by atomic mass is 10.2. The number of carbonyl (C=O) groups excluding carboxylic acids is 1. The van der Waals surface area contributed by atoms with Gasteiger partial charge in [-0.2, -0.15) is 0 Å². The van der Waals surface area contributed by atoms with Crippen LogP contribution in [0.1, 0.15) is 6.42 Å². The van der Waals surface area contributed by atoms with Gasteiger partial charge in [0.25, 0.3) is 0 Å². The molecule has 0 aromatic heterocycles. The lowest BCUT2D eigenvalue weighted by Crippen LogP contribution is -2.04. The van der Waals surface area contributed by atoms with E-state index >= 15 is 0 Å². The molecule has 0 spiro atoms. The van der Waals surface area contributed by atoms with E-state index in [0.29, 0.717) is 17.0 Å². The molecule has 0 amide bonds. The van der Waals surface area contributed by atoms with Crippen molar-refractivity contribution >= 4 is 23.6 Å². The van der Waals surface area contributed by atoms with Gasteiger partial charge in [0.05, 0.1) is 4.86 Å². The summed E-state index contributed by atoms with van der Waals surface area (Å²) in [6.45, 7) is 1.33. The van der Waals surface area contributed by atoms with E-state index in [1.54, 1.807) is 12.2 Å². The molecular formula is C7H5O2S. The number of rotatable bonds is 2. The van der Waals surface area contributed by atoms with Crippen LogP contribution in [0.4, 0.5) is 0 Å². The highest BCUT2D eigenvalue weighted by molar-refractivity contribution is 7.80. The van der Waals surface area contributed by atoms with Gasteiger partial charge in [0, 0.05) is 6.42 Å². The number of allylic oxidation sites excluding steroid dienone is 4. The highest BCUT2D eigenvalue weighted by Crippen LogP contribution is 2.09. The van der Waals surface area contributed by atoms with Crippen molar-refractivity contribution in [2.45, 2.75) is 6.42 Å². The van der Waals surface area contributed by atoms with Crippen molar-refractivity contribution in [3.8, 4) is 0 Å². The molecule has 3 heteroatoms. The number of hydrogen-bond donors (Lipinski definition) is 0. The Morgan fingerprint density at radius 1 is 1.70 bits per heavy atom. The fourth-order valence-corrected chi connectivity index (χ4v) is 0.866. The van der Waals surface area contributed by atoms with Crippen LogP contribution in [0.25, 0.3) is 0 Å². The molecule has 0 bridgehead atoms. The van der Waals surface area contributed by atoms with Crippen molar-refractivity contribution in [3.05, 3.63) is 24.0 Å². The Hall–Kier alpha value is -0.960. The quantitative estimate of drug-likeness (QED) is 0.559. The predicted molar refractivity (Wildman–Crippen MR) is 41.2 cm³/mol. The first-order valence-electron chi connectivity index (χ1n) is 2.78. The molecule has 0 saturated heterocycles. The molecule has 1 radical (unpaired) electrons. The minimum Gasteiger partial charge on any atom is -0.417 e. The zero-order valence-corrected chi connectivity index (χ0v) is 5.98. The fourth-order valence-electron chi connectivity index (χ4n) is 0.660. The molecule has 0 fully saturated rings. The Kier molecular flexibility index (Phi) is 2.34. The molecule has 1 aliphatic carbocycles. The van der Waals surface area contributed by atoms with Crippen LogP contribution in [0.3, 0.4) is 0 Å². The Morgan fingerprint density at radius 3 is 3.10 bits per heavy atom. The number of thiocarbonyl (C=S) groups is 1. The fraction of sp³-hybridized carbons (Fsp3) is 0.143. The summed E-state index contributed by atoms with van der Waals surface area (Å²) in [6.07, 6.45) is 6.02. The molecule has 1 aliphatic rings. The molecule has 0 aliphatic heterocycles. The largest absolute Gasteiger partial charge is 0.423 e. The van der Waals surface area contributed by atoms with Gasteiger partial charge in [-0.3, -0.25) is 0 Å². The van der Waals surface area contributed by atoms with E-state index in [-0.39, 0.29) is 0 Å². The minimum absolute atomic E-state index is 0.438. The van der Waals surface area contributed by atoms with Crippen molar-refractivity contribution in [1.82, 2.24) is 0 Å². The summed E-state index contributed by atoms with van der Waals surface area (Å²) < 4.78 is 4.46. The molecule has 0 atom stereocenters. The SMILES string of the molecule is O=[C]OC1=CC=CCC1=S. The monoisotopic (exact) mass is 153 g/mol. The van der Waals surface area contributed by atoms with Crippen molar-refractivity contribution in [1.29, 1.82) is 0 Å². The summed E-state index contributed by atoms with van der Waals surface area (Å²) in [6, 6.07) is 0. The summed E-state index contributed by atoms with van der Waals surface area (Å²) in [5.74, 6) is 0.438.